The highest BCUT2D eigenvalue weighted by atomic mass is 32.2. The highest BCUT2D eigenvalue weighted by Gasteiger charge is 2.18. The van der Waals surface area contributed by atoms with Crippen molar-refractivity contribution < 1.29 is 4.79 Å². The highest BCUT2D eigenvalue weighted by molar-refractivity contribution is 7.98. The summed E-state index contributed by atoms with van der Waals surface area (Å²) in [4.78, 5) is 19.8. The van der Waals surface area contributed by atoms with Gasteiger partial charge in [-0.05, 0) is 25.5 Å². The number of rotatable bonds is 5. The first-order valence-corrected chi connectivity index (χ1v) is 8.36. The van der Waals surface area contributed by atoms with Crippen LogP contribution in [-0.2, 0) is 17.8 Å². The van der Waals surface area contributed by atoms with Gasteiger partial charge in [-0.2, -0.15) is 11.8 Å². The van der Waals surface area contributed by atoms with E-state index in [0.717, 1.165) is 42.5 Å². The summed E-state index contributed by atoms with van der Waals surface area (Å²) >= 11 is 3.39. The van der Waals surface area contributed by atoms with Gasteiger partial charge in [0.25, 0.3) is 0 Å². The summed E-state index contributed by atoms with van der Waals surface area (Å²) in [5, 5.41) is 3.68. The van der Waals surface area contributed by atoms with Crippen LogP contribution in [0.5, 0.6) is 0 Å². The molecule has 0 radical (unpaired) electrons. The van der Waals surface area contributed by atoms with E-state index in [1.165, 1.54) is 4.88 Å². The monoisotopic (exact) mass is 285 g/mol. The van der Waals surface area contributed by atoms with E-state index in [4.69, 9.17) is 0 Å². The van der Waals surface area contributed by atoms with E-state index in [2.05, 4.69) is 28.5 Å². The van der Waals surface area contributed by atoms with E-state index in [1.54, 1.807) is 23.1 Å². The van der Waals surface area contributed by atoms with Gasteiger partial charge in [-0.25, -0.2) is 4.98 Å². The number of likely N-dealkylation sites (N-methyl/N-ethyl adjacent to an activating group) is 1. The number of thioether (sulfide) groups is 1. The maximum absolute atomic E-state index is 11.7. The van der Waals surface area contributed by atoms with E-state index >= 15 is 0 Å². The van der Waals surface area contributed by atoms with Crippen molar-refractivity contribution in [3.8, 4) is 0 Å². The lowest BCUT2D eigenvalue weighted by molar-refractivity contribution is -0.116. The van der Waals surface area contributed by atoms with Gasteiger partial charge in [0.05, 0.1) is 5.69 Å². The molecule has 0 aliphatic carbocycles. The van der Waals surface area contributed by atoms with Gasteiger partial charge >= 0.3 is 0 Å². The Balaban J connectivity index is 1.88. The van der Waals surface area contributed by atoms with Crippen LogP contribution in [0.25, 0.3) is 0 Å². The second-order valence-corrected chi connectivity index (χ2v) is 6.59. The summed E-state index contributed by atoms with van der Waals surface area (Å²) in [6.07, 6.45) is 4.57. The van der Waals surface area contributed by atoms with E-state index in [-0.39, 0.29) is 5.91 Å². The third-order valence-electron chi connectivity index (χ3n) is 2.92. The van der Waals surface area contributed by atoms with Crippen LogP contribution < -0.4 is 5.32 Å². The Kier molecular flexibility index (Phi) is 5.03. The molecule has 1 aromatic rings. The average Bonchev–Trinajstić information content (AvgIpc) is 2.70. The number of nitrogens with one attached hydrogen (secondary N) is 1. The zero-order valence-corrected chi connectivity index (χ0v) is 12.5. The van der Waals surface area contributed by atoms with Crippen LogP contribution in [0.1, 0.15) is 23.4 Å². The molecule has 0 fully saturated rings. The van der Waals surface area contributed by atoms with Crippen molar-refractivity contribution >= 4 is 34.1 Å². The van der Waals surface area contributed by atoms with E-state index in [0.29, 0.717) is 6.42 Å². The molecule has 0 spiro atoms. The van der Waals surface area contributed by atoms with Crippen LogP contribution in [-0.4, -0.2) is 41.4 Å². The minimum atomic E-state index is 0.0866. The van der Waals surface area contributed by atoms with Gasteiger partial charge in [-0.15, -0.1) is 11.3 Å². The van der Waals surface area contributed by atoms with Crippen LogP contribution in [0.15, 0.2) is 0 Å². The normalized spacial score (nSPS) is 15.4. The molecule has 0 atom stereocenters. The number of hydrogen-bond acceptors (Lipinski definition) is 5. The van der Waals surface area contributed by atoms with E-state index < -0.39 is 0 Å². The van der Waals surface area contributed by atoms with Gasteiger partial charge in [0, 0.05) is 30.8 Å². The Hall–Kier alpha value is -0.590. The summed E-state index contributed by atoms with van der Waals surface area (Å²) in [6.45, 7) is 2.01. The summed E-state index contributed by atoms with van der Waals surface area (Å²) < 4.78 is 0. The minimum absolute atomic E-state index is 0.0866. The molecule has 100 valence electrons. The SMILES string of the molecule is CSCCCC(=O)Nc1nc2c(s1)CN(C)CC2. The van der Waals surface area contributed by atoms with Crippen molar-refractivity contribution in [2.24, 2.45) is 0 Å². The molecule has 1 aliphatic rings. The van der Waals surface area contributed by atoms with Gasteiger partial charge in [0.1, 0.15) is 0 Å². The Morgan fingerprint density at radius 2 is 2.44 bits per heavy atom. The molecule has 0 aromatic carbocycles. The Labute approximate surface area is 116 Å². The second kappa shape index (κ2) is 6.54. The van der Waals surface area contributed by atoms with Crippen molar-refractivity contribution in [3.05, 3.63) is 10.6 Å². The predicted octanol–water partition coefficient (Wildman–Crippen LogP) is 2.21. The van der Waals surface area contributed by atoms with E-state index in [9.17, 15) is 4.79 Å². The molecule has 0 unspecified atom stereocenters. The number of thiazole rings is 1. The van der Waals surface area contributed by atoms with Gasteiger partial charge < -0.3 is 10.2 Å². The largest absolute Gasteiger partial charge is 0.302 e. The van der Waals surface area contributed by atoms with Crippen molar-refractivity contribution in [1.29, 1.82) is 0 Å². The predicted molar refractivity (Wildman–Crippen MR) is 78.4 cm³/mol. The van der Waals surface area contributed by atoms with Crippen molar-refractivity contribution in [2.75, 3.05) is 30.9 Å². The van der Waals surface area contributed by atoms with Crippen LogP contribution >= 0.6 is 23.1 Å². The first-order chi connectivity index (χ1) is 8.69. The second-order valence-electron chi connectivity index (χ2n) is 4.52. The molecule has 0 saturated carbocycles. The zero-order chi connectivity index (χ0) is 13.0. The molecule has 6 heteroatoms. The summed E-state index contributed by atoms with van der Waals surface area (Å²) in [7, 11) is 2.11. The molecule has 1 aromatic heterocycles. The van der Waals surface area contributed by atoms with Crippen molar-refractivity contribution in [3.63, 3.8) is 0 Å². The summed E-state index contributed by atoms with van der Waals surface area (Å²) in [5.74, 6) is 1.12. The Bertz CT molecular complexity index is 419. The topological polar surface area (TPSA) is 45.2 Å². The number of nitrogens with zero attached hydrogens (tertiary/aromatic N) is 2. The third-order valence-corrected chi connectivity index (χ3v) is 4.62. The molecule has 2 heterocycles. The zero-order valence-electron chi connectivity index (χ0n) is 10.9. The first-order valence-electron chi connectivity index (χ1n) is 6.15. The summed E-state index contributed by atoms with van der Waals surface area (Å²) in [6, 6.07) is 0. The quantitative estimate of drug-likeness (QED) is 0.843. The lowest BCUT2D eigenvalue weighted by Gasteiger charge is -2.20. The number of anilines is 1. The average molecular weight is 285 g/mol. The molecule has 2 rings (SSSR count). The fraction of sp³-hybridized carbons (Fsp3) is 0.667. The number of carbonyl (C=O) groups excluding carboxylic acids is 1. The molecule has 0 bridgehead atoms. The van der Waals surface area contributed by atoms with Crippen molar-refractivity contribution in [2.45, 2.75) is 25.8 Å². The van der Waals surface area contributed by atoms with Crippen LogP contribution in [0.2, 0.25) is 0 Å². The van der Waals surface area contributed by atoms with Crippen LogP contribution in [0, 0.1) is 0 Å². The van der Waals surface area contributed by atoms with Gasteiger partial charge in [0.2, 0.25) is 5.91 Å². The maximum Gasteiger partial charge on any atom is 0.226 e. The molecular weight excluding hydrogens is 266 g/mol. The molecule has 1 aliphatic heterocycles. The molecule has 1 N–H and O–H groups in total. The molecular formula is C12H19N3OS2. The lowest BCUT2D eigenvalue weighted by atomic mass is 10.2. The number of carbonyl (C=O) groups is 1. The number of amides is 1. The third kappa shape index (κ3) is 3.70. The molecule has 18 heavy (non-hydrogen) atoms. The number of aromatic nitrogens is 1. The van der Waals surface area contributed by atoms with Gasteiger partial charge in [-0.1, -0.05) is 0 Å². The van der Waals surface area contributed by atoms with E-state index in [1.807, 2.05) is 0 Å². The smallest absolute Gasteiger partial charge is 0.226 e. The van der Waals surface area contributed by atoms with Crippen LogP contribution in [0.3, 0.4) is 0 Å². The number of hydrogen-bond donors (Lipinski definition) is 1. The van der Waals surface area contributed by atoms with Gasteiger partial charge in [0.15, 0.2) is 5.13 Å². The lowest BCUT2D eigenvalue weighted by Crippen LogP contribution is -2.25. The van der Waals surface area contributed by atoms with Gasteiger partial charge in [-0.3, -0.25) is 4.79 Å². The highest BCUT2D eigenvalue weighted by Crippen LogP contribution is 2.27. The fourth-order valence-electron chi connectivity index (χ4n) is 1.94. The first kappa shape index (κ1) is 13.8. The fourth-order valence-corrected chi connectivity index (χ4v) is 3.47. The Morgan fingerprint density at radius 3 is 3.22 bits per heavy atom. The van der Waals surface area contributed by atoms with Crippen molar-refractivity contribution in [1.82, 2.24) is 9.88 Å². The van der Waals surface area contributed by atoms with Crippen LogP contribution in [0.4, 0.5) is 5.13 Å². The number of fused-ring (bicyclic) bond motifs is 1. The summed E-state index contributed by atoms with van der Waals surface area (Å²) in [5.41, 5.74) is 1.16. The standard InChI is InChI=1S/C12H19N3OS2/c1-15-6-5-9-10(8-15)18-12(13-9)14-11(16)4-3-7-17-2/h3-8H2,1-2H3,(H,13,14,16). The molecule has 0 saturated heterocycles. The Morgan fingerprint density at radius 1 is 1.61 bits per heavy atom. The molecule has 1 amide bonds. The molecule has 4 nitrogen and oxygen atoms in total. The minimum Gasteiger partial charge on any atom is -0.302 e. The maximum atomic E-state index is 11.7.